The molecular formula is C22H27NO3. The van der Waals surface area contributed by atoms with Crippen LogP contribution in [0.1, 0.15) is 51.6 Å². The second kappa shape index (κ2) is 7.81. The third-order valence-corrected chi connectivity index (χ3v) is 4.22. The molecule has 4 nitrogen and oxygen atoms in total. The monoisotopic (exact) mass is 353 g/mol. The Morgan fingerprint density at radius 3 is 2.23 bits per heavy atom. The van der Waals surface area contributed by atoms with E-state index in [1.807, 2.05) is 75.4 Å². The van der Waals surface area contributed by atoms with Gasteiger partial charge in [-0.1, -0.05) is 43.2 Å². The van der Waals surface area contributed by atoms with Crippen LogP contribution in [0.25, 0.3) is 0 Å². The smallest absolute Gasteiger partial charge is 0.408 e. The predicted molar refractivity (Wildman–Crippen MR) is 102 cm³/mol. The van der Waals surface area contributed by atoms with E-state index in [0.29, 0.717) is 5.92 Å². The van der Waals surface area contributed by atoms with E-state index in [0.717, 1.165) is 23.5 Å². The van der Waals surface area contributed by atoms with Gasteiger partial charge in [0.25, 0.3) is 0 Å². The van der Waals surface area contributed by atoms with Crippen molar-refractivity contribution in [3.63, 3.8) is 0 Å². The highest BCUT2D eigenvalue weighted by Crippen LogP contribution is 2.38. The number of ether oxygens (including phenoxy) is 2. The lowest BCUT2D eigenvalue weighted by Gasteiger charge is -2.24. The highest BCUT2D eigenvalue weighted by atomic mass is 16.6. The molecule has 1 aliphatic carbocycles. The maximum absolute atomic E-state index is 12.2. The molecule has 0 bridgehead atoms. The van der Waals surface area contributed by atoms with Crippen LogP contribution in [0.15, 0.2) is 54.6 Å². The number of rotatable bonds is 6. The van der Waals surface area contributed by atoms with Crippen LogP contribution in [-0.4, -0.2) is 11.7 Å². The van der Waals surface area contributed by atoms with E-state index in [-0.39, 0.29) is 12.1 Å². The lowest BCUT2D eigenvalue weighted by molar-refractivity contribution is 0.0499. The van der Waals surface area contributed by atoms with Gasteiger partial charge < -0.3 is 14.8 Å². The fourth-order valence-electron chi connectivity index (χ4n) is 2.81. The summed E-state index contributed by atoms with van der Waals surface area (Å²) in [6, 6.07) is 17.6. The molecule has 4 heteroatoms. The van der Waals surface area contributed by atoms with Crippen molar-refractivity contribution in [3.8, 4) is 11.5 Å². The van der Waals surface area contributed by atoms with E-state index < -0.39 is 5.60 Å². The van der Waals surface area contributed by atoms with Crippen LogP contribution < -0.4 is 10.1 Å². The fraction of sp³-hybridized carbons (Fsp3) is 0.409. The molecule has 2 aromatic carbocycles. The zero-order valence-electron chi connectivity index (χ0n) is 15.7. The number of benzene rings is 2. The van der Waals surface area contributed by atoms with Crippen molar-refractivity contribution in [1.82, 2.24) is 5.32 Å². The SMILES string of the molecule is CC(C)(C)OC(=O)N[C@@H](CC1CC1)c1ccc(Oc2ccccc2)cc1. The van der Waals surface area contributed by atoms with Crippen molar-refractivity contribution < 1.29 is 14.3 Å². The summed E-state index contributed by atoms with van der Waals surface area (Å²) >= 11 is 0. The van der Waals surface area contributed by atoms with Gasteiger partial charge in [-0.15, -0.1) is 0 Å². The van der Waals surface area contributed by atoms with Gasteiger partial charge >= 0.3 is 6.09 Å². The second-order valence-corrected chi connectivity index (χ2v) is 7.86. The van der Waals surface area contributed by atoms with E-state index >= 15 is 0 Å². The van der Waals surface area contributed by atoms with E-state index in [9.17, 15) is 4.79 Å². The Morgan fingerprint density at radius 1 is 1.04 bits per heavy atom. The average molecular weight is 353 g/mol. The number of hydrogen-bond acceptors (Lipinski definition) is 3. The van der Waals surface area contributed by atoms with Crippen LogP contribution in [0, 0.1) is 5.92 Å². The van der Waals surface area contributed by atoms with Crippen LogP contribution in [-0.2, 0) is 4.74 Å². The van der Waals surface area contributed by atoms with Crippen molar-refractivity contribution in [2.45, 2.75) is 51.7 Å². The summed E-state index contributed by atoms with van der Waals surface area (Å²) in [7, 11) is 0. The molecule has 0 unspecified atom stereocenters. The van der Waals surface area contributed by atoms with Crippen LogP contribution >= 0.6 is 0 Å². The van der Waals surface area contributed by atoms with Gasteiger partial charge in [0, 0.05) is 0 Å². The first kappa shape index (κ1) is 18.3. The molecule has 2 aromatic rings. The van der Waals surface area contributed by atoms with Crippen LogP contribution in [0.5, 0.6) is 11.5 Å². The van der Waals surface area contributed by atoms with Gasteiger partial charge in [0.1, 0.15) is 17.1 Å². The summed E-state index contributed by atoms with van der Waals surface area (Å²) < 4.78 is 11.3. The number of alkyl carbamates (subject to hydrolysis) is 1. The van der Waals surface area contributed by atoms with Crippen molar-refractivity contribution in [2.75, 3.05) is 0 Å². The predicted octanol–water partition coefficient (Wildman–Crippen LogP) is 5.84. The molecule has 0 aromatic heterocycles. The fourth-order valence-corrected chi connectivity index (χ4v) is 2.81. The number of carbonyl (C=O) groups is 1. The minimum Gasteiger partial charge on any atom is -0.457 e. The van der Waals surface area contributed by atoms with Gasteiger partial charge in [0.2, 0.25) is 0 Å². The third-order valence-electron chi connectivity index (χ3n) is 4.22. The third kappa shape index (κ3) is 5.80. The van der Waals surface area contributed by atoms with Crippen molar-refractivity contribution in [3.05, 3.63) is 60.2 Å². The molecule has 1 atom stereocenters. The Balaban J connectivity index is 1.67. The lowest BCUT2D eigenvalue weighted by atomic mass is 10.0. The van der Waals surface area contributed by atoms with Gasteiger partial charge in [-0.2, -0.15) is 0 Å². The standard InChI is InChI=1S/C22H27NO3/c1-22(2,3)26-21(24)23-20(15-16-9-10-16)17-11-13-19(14-12-17)25-18-7-5-4-6-8-18/h4-8,11-14,16,20H,9-10,15H2,1-3H3,(H,23,24)/t20-/m0/s1. The van der Waals surface area contributed by atoms with Crippen LogP contribution in [0.3, 0.4) is 0 Å². The Labute approximate surface area is 155 Å². The molecule has 0 heterocycles. The zero-order valence-corrected chi connectivity index (χ0v) is 15.7. The maximum atomic E-state index is 12.2. The quantitative estimate of drug-likeness (QED) is 0.709. The number of nitrogens with one attached hydrogen (secondary N) is 1. The Kier molecular flexibility index (Phi) is 5.50. The normalized spacial score (nSPS) is 15.2. The number of para-hydroxylation sites is 1. The minimum atomic E-state index is -0.498. The molecule has 1 N–H and O–H groups in total. The largest absolute Gasteiger partial charge is 0.457 e. The zero-order chi connectivity index (χ0) is 18.6. The number of carbonyl (C=O) groups excluding carboxylic acids is 1. The highest BCUT2D eigenvalue weighted by molar-refractivity contribution is 5.68. The van der Waals surface area contributed by atoms with Crippen molar-refractivity contribution >= 4 is 6.09 Å². The molecule has 26 heavy (non-hydrogen) atoms. The number of amides is 1. The molecule has 1 amide bonds. The van der Waals surface area contributed by atoms with E-state index in [1.165, 1.54) is 12.8 Å². The summed E-state index contributed by atoms with van der Waals surface area (Å²) in [5.41, 5.74) is 0.574. The molecule has 1 aliphatic rings. The van der Waals surface area contributed by atoms with Crippen molar-refractivity contribution in [2.24, 2.45) is 5.92 Å². The topological polar surface area (TPSA) is 47.6 Å². The van der Waals surface area contributed by atoms with Crippen LogP contribution in [0.2, 0.25) is 0 Å². The minimum absolute atomic E-state index is 0.0388. The van der Waals surface area contributed by atoms with Crippen LogP contribution in [0.4, 0.5) is 4.79 Å². The summed E-state index contributed by atoms with van der Waals surface area (Å²) in [6.45, 7) is 5.62. The molecule has 1 fully saturated rings. The van der Waals surface area contributed by atoms with Gasteiger partial charge in [0.05, 0.1) is 6.04 Å². The first-order chi connectivity index (χ1) is 12.4. The molecule has 1 saturated carbocycles. The second-order valence-electron chi connectivity index (χ2n) is 7.86. The summed E-state index contributed by atoms with van der Waals surface area (Å²) in [6.07, 6.45) is 3.05. The molecular weight excluding hydrogens is 326 g/mol. The number of hydrogen-bond donors (Lipinski definition) is 1. The molecule has 0 aliphatic heterocycles. The Hall–Kier alpha value is -2.49. The molecule has 0 radical (unpaired) electrons. The van der Waals surface area contributed by atoms with Gasteiger partial charge in [-0.05, 0) is 62.9 Å². The summed E-state index contributed by atoms with van der Waals surface area (Å²) in [5.74, 6) is 2.28. The average Bonchev–Trinajstić information content (AvgIpc) is 3.38. The molecule has 138 valence electrons. The summed E-state index contributed by atoms with van der Waals surface area (Å²) in [4.78, 5) is 12.2. The molecule has 3 rings (SSSR count). The Bertz CT molecular complexity index is 715. The molecule has 0 spiro atoms. The summed E-state index contributed by atoms with van der Waals surface area (Å²) in [5, 5.41) is 3.03. The van der Waals surface area contributed by atoms with E-state index in [2.05, 4.69) is 5.32 Å². The first-order valence-corrected chi connectivity index (χ1v) is 9.21. The maximum Gasteiger partial charge on any atom is 0.408 e. The van der Waals surface area contributed by atoms with Crippen molar-refractivity contribution in [1.29, 1.82) is 0 Å². The van der Waals surface area contributed by atoms with Gasteiger partial charge in [-0.3, -0.25) is 0 Å². The van der Waals surface area contributed by atoms with Gasteiger partial charge in [0.15, 0.2) is 0 Å². The molecule has 0 saturated heterocycles. The first-order valence-electron chi connectivity index (χ1n) is 9.21. The van der Waals surface area contributed by atoms with E-state index in [4.69, 9.17) is 9.47 Å². The van der Waals surface area contributed by atoms with E-state index in [1.54, 1.807) is 0 Å². The van der Waals surface area contributed by atoms with Gasteiger partial charge in [-0.25, -0.2) is 4.79 Å². The highest BCUT2D eigenvalue weighted by Gasteiger charge is 2.28. The Morgan fingerprint density at radius 2 is 1.65 bits per heavy atom. The lowest BCUT2D eigenvalue weighted by Crippen LogP contribution is -2.35.